The van der Waals surface area contributed by atoms with Gasteiger partial charge in [0.15, 0.2) is 0 Å². The van der Waals surface area contributed by atoms with Gasteiger partial charge in [-0.15, -0.1) is 0 Å². The fourth-order valence-electron chi connectivity index (χ4n) is 2.08. The standard InChI is InChI=1S/C13H15ClN2O3/c14-11-3-1-9(2-4-11)7-15-12(17)10-5-6-16(8-10)13(18)19/h1-4,10H,5-8H2,(H,15,17)(H,18,19). The molecule has 0 radical (unpaired) electrons. The molecule has 1 saturated heterocycles. The summed E-state index contributed by atoms with van der Waals surface area (Å²) < 4.78 is 0. The van der Waals surface area contributed by atoms with Crippen LogP contribution in [0.25, 0.3) is 0 Å². The van der Waals surface area contributed by atoms with Gasteiger partial charge in [-0.1, -0.05) is 23.7 Å². The van der Waals surface area contributed by atoms with Gasteiger partial charge in [-0.25, -0.2) is 4.79 Å². The lowest BCUT2D eigenvalue weighted by Gasteiger charge is -2.12. The molecule has 19 heavy (non-hydrogen) atoms. The highest BCUT2D eigenvalue weighted by Gasteiger charge is 2.30. The number of rotatable bonds is 3. The highest BCUT2D eigenvalue weighted by molar-refractivity contribution is 6.30. The Morgan fingerprint density at radius 3 is 2.63 bits per heavy atom. The van der Waals surface area contributed by atoms with Crippen LogP contribution in [0.5, 0.6) is 0 Å². The molecule has 1 atom stereocenters. The van der Waals surface area contributed by atoms with Crippen LogP contribution in [0, 0.1) is 5.92 Å². The van der Waals surface area contributed by atoms with Gasteiger partial charge >= 0.3 is 6.09 Å². The number of halogens is 1. The Kier molecular flexibility index (Phi) is 4.27. The lowest BCUT2D eigenvalue weighted by molar-refractivity contribution is -0.124. The van der Waals surface area contributed by atoms with E-state index in [1.54, 1.807) is 12.1 Å². The molecule has 0 saturated carbocycles. The summed E-state index contributed by atoms with van der Waals surface area (Å²) in [6.07, 6.45) is -0.383. The molecule has 0 aromatic heterocycles. The zero-order valence-corrected chi connectivity index (χ0v) is 11.1. The second kappa shape index (κ2) is 5.93. The van der Waals surface area contributed by atoms with Gasteiger partial charge in [0.25, 0.3) is 0 Å². The molecule has 1 aliphatic heterocycles. The van der Waals surface area contributed by atoms with Crippen LogP contribution in [0.1, 0.15) is 12.0 Å². The van der Waals surface area contributed by atoms with E-state index in [1.165, 1.54) is 4.90 Å². The maximum absolute atomic E-state index is 11.9. The monoisotopic (exact) mass is 282 g/mol. The number of carbonyl (C=O) groups excluding carboxylic acids is 1. The van der Waals surface area contributed by atoms with Crippen LogP contribution in [-0.2, 0) is 11.3 Å². The minimum absolute atomic E-state index is 0.0984. The summed E-state index contributed by atoms with van der Waals surface area (Å²) >= 11 is 5.78. The van der Waals surface area contributed by atoms with E-state index in [0.29, 0.717) is 24.5 Å². The summed E-state index contributed by atoms with van der Waals surface area (Å²) in [4.78, 5) is 23.9. The van der Waals surface area contributed by atoms with E-state index in [2.05, 4.69) is 5.32 Å². The van der Waals surface area contributed by atoms with Crippen LogP contribution in [-0.4, -0.2) is 35.1 Å². The molecule has 1 aromatic rings. The summed E-state index contributed by atoms with van der Waals surface area (Å²) in [6.45, 7) is 1.13. The van der Waals surface area contributed by atoms with E-state index in [-0.39, 0.29) is 18.4 Å². The Morgan fingerprint density at radius 2 is 2.05 bits per heavy atom. The van der Waals surface area contributed by atoms with Crippen LogP contribution in [0.2, 0.25) is 5.02 Å². The normalized spacial score (nSPS) is 18.4. The van der Waals surface area contributed by atoms with Gasteiger partial charge in [-0.3, -0.25) is 4.79 Å². The highest BCUT2D eigenvalue weighted by Crippen LogP contribution is 2.16. The zero-order valence-electron chi connectivity index (χ0n) is 10.3. The van der Waals surface area contributed by atoms with Crippen molar-refractivity contribution in [1.82, 2.24) is 10.2 Å². The first-order valence-electron chi connectivity index (χ1n) is 6.06. The molecule has 1 unspecified atom stereocenters. The zero-order chi connectivity index (χ0) is 13.8. The number of nitrogens with zero attached hydrogens (tertiary/aromatic N) is 1. The van der Waals surface area contributed by atoms with Gasteiger partial charge in [-0.05, 0) is 24.1 Å². The maximum atomic E-state index is 11.9. The van der Waals surface area contributed by atoms with E-state index in [9.17, 15) is 9.59 Å². The van der Waals surface area contributed by atoms with Crippen LogP contribution in [0.4, 0.5) is 4.79 Å². The van der Waals surface area contributed by atoms with Crippen molar-refractivity contribution in [3.63, 3.8) is 0 Å². The van der Waals surface area contributed by atoms with Crippen molar-refractivity contribution in [2.45, 2.75) is 13.0 Å². The summed E-state index contributed by atoms with van der Waals surface area (Å²) in [5.41, 5.74) is 0.964. The summed E-state index contributed by atoms with van der Waals surface area (Å²) in [6, 6.07) is 7.23. The number of carbonyl (C=O) groups is 2. The molecule has 0 aliphatic carbocycles. The minimum atomic E-state index is -0.965. The largest absolute Gasteiger partial charge is 0.465 e. The number of hydrogen-bond donors (Lipinski definition) is 2. The quantitative estimate of drug-likeness (QED) is 0.890. The van der Waals surface area contributed by atoms with Gasteiger partial charge in [0.2, 0.25) is 5.91 Å². The van der Waals surface area contributed by atoms with Gasteiger partial charge in [-0.2, -0.15) is 0 Å². The average Bonchev–Trinajstić information content (AvgIpc) is 2.87. The third-order valence-electron chi connectivity index (χ3n) is 3.21. The highest BCUT2D eigenvalue weighted by atomic mass is 35.5. The van der Waals surface area contributed by atoms with Gasteiger partial charge in [0.05, 0.1) is 5.92 Å². The first-order valence-corrected chi connectivity index (χ1v) is 6.44. The number of amides is 2. The summed E-state index contributed by atoms with van der Waals surface area (Å²) in [5.74, 6) is -0.345. The van der Waals surface area contributed by atoms with Crippen molar-refractivity contribution in [2.24, 2.45) is 5.92 Å². The van der Waals surface area contributed by atoms with E-state index in [0.717, 1.165) is 5.56 Å². The number of benzene rings is 1. The molecule has 1 heterocycles. The van der Waals surface area contributed by atoms with Crippen molar-refractivity contribution in [3.8, 4) is 0 Å². The summed E-state index contributed by atoms with van der Waals surface area (Å²) in [7, 11) is 0. The van der Waals surface area contributed by atoms with Gasteiger partial charge in [0, 0.05) is 24.7 Å². The van der Waals surface area contributed by atoms with Gasteiger partial charge in [0.1, 0.15) is 0 Å². The smallest absolute Gasteiger partial charge is 0.407 e. The Hall–Kier alpha value is -1.75. The number of nitrogens with one attached hydrogen (secondary N) is 1. The first kappa shape index (κ1) is 13.7. The SMILES string of the molecule is O=C(NCc1ccc(Cl)cc1)C1CCN(C(=O)O)C1. The second-order valence-electron chi connectivity index (χ2n) is 4.56. The molecule has 0 bridgehead atoms. The molecule has 0 spiro atoms. The lowest BCUT2D eigenvalue weighted by atomic mass is 10.1. The predicted molar refractivity (Wildman–Crippen MR) is 71.0 cm³/mol. The Balaban J connectivity index is 1.82. The third-order valence-corrected chi connectivity index (χ3v) is 3.46. The first-order chi connectivity index (χ1) is 9.06. The van der Waals surface area contributed by atoms with Crippen LogP contribution >= 0.6 is 11.6 Å². The predicted octanol–water partition coefficient (Wildman–Crippen LogP) is 1.96. The topological polar surface area (TPSA) is 69.6 Å². The van der Waals surface area contributed by atoms with Crippen molar-refractivity contribution in [1.29, 1.82) is 0 Å². The second-order valence-corrected chi connectivity index (χ2v) is 4.99. The van der Waals surface area contributed by atoms with E-state index in [1.807, 2.05) is 12.1 Å². The number of carboxylic acid groups (broad SMARTS) is 1. The fraction of sp³-hybridized carbons (Fsp3) is 0.385. The van der Waals surface area contributed by atoms with Crippen molar-refractivity contribution >= 4 is 23.6 Å². The molecule has 1 fully saturated rings. The molecule has 2 amide bonds. The van der Waals surface area contributed by atoms with Crippen molar-refractivity contribution < 1.29 is 14.7 Å². The Labute approximate surface area is 116 Å². The van der Waals surface area contributed by atoms with Crippen LogP contribution < -0.4 is 5.32 Å². The van der Waals surface area contributed by atoms with E-state index < -0.39 is 6.09 Å². The Morgan fingerprint density at radius 1 is 1.37 bits per heavy atom. The minimum Gasteiger partial charge on any atom is -0.465 e. The summed E-state index contributed by atoms with van der Waals surface area (Å²) in [5, 5.41) is 12.3. The molecular weight excluding hydrogens is 268 g/mol. The number of hydrogen-bond acceptors (Lipinski definition) is 2. The van der Waals surface area contributed by atoms with Crippen LogP contribution in [0.15, 0.2) is 24.3 Å². The van der Waals surface area contributed by atoms with Gasteiger partial charge < -0.3 is 15.3 Å². The van der Waals surface area contributed by atoms with Crippen molar-refractivity contribution in [3.05, 3.63) is 34.9 Å². The third kappa shape index (κ3) is 3.61. The van der Waals surface area contributed by atoms with E-state index >= 15 is 0 Å². The number of likely N-dealkylation sites (tertiary alicyclic amines) is 1. The molecule has 2 rings (SSSR count). The lowest BCUT2D eigenvalue weighted by Crippen LogP contribution is -2.33. The Bertz CT molecular complexity index is 475. The molecule has 1 aromatic carbocycles. The maximum Gasteiger partial charge on any atom is 0.407 e. The molecule has 102 valence electrons. The molecule has 5 nitrogen and oxygen atoms in total. The van der Waals surface area contributed by atoms with Crippen molar-refractivity contribution in [2.75, 3.05) is 13.1 Å². The average molecular weight is 283 g/mol. The molecule has 2 N–H and O–H groups in total. The fourth-order valence-corrected chi connectivity index (χ4v) is 2.21. The molecular formula is C13H15ClN2O3. The molecule has 1 aliphatic rings. The molecule has 6 heteroatoms. The van der Waals surface area contributed by atoms with E-state index in [4.69, 9.17) is 16.7 Å². The van der Waals surface area contributed by atoms with Crippen LogP contribution in [0.3, 0.4) is 0 Å².